The van der Waals surface area contributed by atoms with Crippen LogP contribution >= 0.6 is 0 Å². The molecule has 0 radical (unpaired) electrons. The third-order valence-corrected chi connectivity index (χ3v) is 8.01. The topological polar surface area (TPSA) is 96.0 Å². The molecule has 2 aromatic rings. The van der Waals surface area contributed by atoms with Gasteiger partial charge >= 0.3 is 0 Å². The molecule has 1 atom stereocenters. The van der Waals surface area contributed by atoms with E-state index < -0.39 is 28.5 Å². The fraction of sp³-hybridized carbons (Fsp3) is 0.500. The summed E-state index contributed by atoms with van der Waals surface area (Å²) in [6, 6.07) is 13.8. The number of ether oxygens (including phenoxy) is 1. The number of anilines is 1. The summed E-state index contributed by atoms with van der Waals surface area (Å²) in [5.74, 6) is 0.0559. The quantitative estimate of drug-likeness (QED) is 0.474. The highest BCUT2D eigenvalue weighted by molar-refractivity contribution is 7.92. The van der Waals surface area contributed by atoms with Crippen LogP contribution < -0.4 is 14.4 Å². The lowest BCUT2D eigenvalue weighted by molar-refractivity contribution is -0.139. The number of sulfonamides is 1. The molecule has 0 saturated heterocycles. The van der Waals surface area contributed by atoms with Gasteiger partial charge in [-0.05, 0) is 55.0 Å². The number of carbonyl (C=O) groups excluding carboxylic acids is 2. The number of hydrogen-bond donors (Lipinski definition) is 1. The molecule has 3 rings (SSSR count). The maximum absolute atomic E-state index is 13.8. The highest BCUT2D eigenvalue weighted by Gasteiger charge is 2.32. The van der Waals surface area contributed by atoms with Gasteiger partial charge in [0.25, 0.3) is 0 Å². The molecular formula is C28H39N3O5S. The summed E-state index contributed by atoms with van der Waals surface area (Å²) in [6.45, 7) is 5.41. The van der Waals surface area contributed by atoms with Crippen LogP contribution in [0.25, 0.3) is 0 Å². The van der Waals surface area contributed by atoms with Gasteiger partial charge in [0.2, 0.25) is 21.8 Å². The smallest absolute Gasteiger partial charge is 0.244 e. The second-order valence-electron chi connectivity index (χ2n) is 10.0. The van der Waals surface area contributed by atoms with Crippen LogP contribution in [-0.4, -0.2) is 57.1 Å². The lowest BCUT2D eigenvalue weighted by atomic mass is 10.0. The average Bonchev–Trinajstić information content (AvgIpc) is 3.38. The van der Waals surface area contributed by atoms with E-state index in [9.17, 15) is 18.0 Å². The first-order valence-corrected chi connectivity index (χ1v) is 14.7. The molecule has 1 saturated carbocycles. The number of nitrogens with one attached hydrogen (secondary N) is 1. The molecule has 8 nitrogen and oxygen atoms in total. The van der Waals surface area contributed by atoms with E-state index in [1.807, 2.05) is 38.1 Å². The highest BCUT2D eigenvalue weighted by atomic mass is 32.2. The highest BCUT2D eigenvalue weighted by Crippen LogP contribution is 2.29. The van der Waals surface area contributed by atoms with Crippen molar-refractivity contribution in [1.82, 2.24) is 10.2 Å². The normalized spacial score (nSPS) is 14.9. The molecule has 1 N–H and O–H groups in total. The molecule has 0 heterocycles. The molecule has 2 amide bonds. The molecule has 0 aromatic heterocycles. The van der Waals surface area contributed by atoms with E-state index in [1.165, 1.54) is 4.90 Å². The third-order valence-electron chi connectivity index (χ3n) is 6.89. The number of hydrogen-bond acceptors (Lipinski definition) is 5. The fourth-order valence-corrected chi connectivity index (χ4v) is 5.57. The van der Waals surface area contributed by atoms with Crippen LogP contribution in [0.1, 0.15) is 63.5 Å². The lowest BCUT2D eigenvalue weighted by Crippen LogP contribution is -2.52. The van der Waals surface area contributed by atoms with Gasteiger partial charge in [0.15, 0.2) is 0 Å². The van der Waals surface area contributed by atoms with Crippen LogP contribution in [0.5, 0.6) is 5.75 Å². The van der Waals surface area contributed by atoms with Crippen molar-refractivity contribution < 1.29 is 22.7 Å². The number of carbonyl (C=O) groups is 2. The van der Waals surface area contributed by atoms with Gasteiger partial charge in [-0.15, -0.1) is 0 Å². The number of rotatable bonds is 11. The van der Waals surface area contributed by atoms with Gasteiger partial charge in [-0.25, -0.2) is 8.42 Å². The molecule has 2 aromatic carbocycles. The zero-order valence-corrected chi connectivity index (χ0v) is 23.3. The van der Waals surface area contributed by atoms with E-state index in [1.54, 1.807) is 38.3 Å². The van der Waals surface area contributed by atoms with E-state index in [0.717, 1.165) is 47.4 Å². The van der Waals surface area contributed by atoms with Crippen molar-refractivity contribution in [3.63, 3.8) is 0 Å². The van der Waals surface area contributed by atoms with E-state index in [4.69, 9.17) is 4.74 Å². The largest absolute Gasteiger partial charge is 0.497 e. The van der Waals surface area contributed by atoms with Crippen LogP contribution in [0.15, 0.2) is 48.5 Å². The van der Waals surface area contributed by atoms with Gasteiger partial charge in [-0.3, -0.25) is 13.9 Å². The molecule has 9 heteroatoms. The molecule has 0 spiro atoms. The van der Waals surface area contributed by atoms with Crippen LogP contribution in [0.3, 0.4) is 0 Å². The molecule has 0 aliphatic heterocycles. The van der Waals surface area contributed by atoms with Gasteiger partial charge < -0.3 is 15.0 Å². The minimum atomic E-state index is -3.78. The van der Waals surface area contributed by atoms with Crippen molar-refractivity contribution in [2.75, 3.05) is 24.2 Å². The van der Waals surface area contributed by atoms with Crippen molar-refractivity contribution in [2.24, 2.45) is 0 Å². The molecular weight excluding hydrogens is 490 g/mol. The SMILES string of the molecule is COc1ccc(CN(C(=O)CN(c2ccccc2C(C)C)S(C)(=O)=O)C(C)C(=O)NC2CCCC2)cc1. The standard InChI is InChI=1S/C28H39N3O5S/c1-20(2)25-12-8-9-13-26(25)31(37(5,34)35)19-27(32)30(18-22-14-16-24(36-4)17-15-22)21(3)28(33)29-23-10-6-7-11-23/h8-9,12-17,20-21,23H,6-7,10-11,18-19H2,1-5H3,(H,29,33). The maximum atomic E-state index is 13.8. The minimum absolute atomic E-state index is 0.0575. The number of benzene rings is 2. The van der Waals surface area contributed by atoms with Crippen molar-refractivity contribution in [1.29, 1.82) is 0 Å². The second kappa shape index (κ2) is 12.4. The zero-order valence-electron chi connectivity index (χ0n) is 22.4. The van der Waals surface area contributed by atoms with Crippen molar-refractivity contribution in [3.8, 4) is 5.75 Å². The Kier molecular flexibility index (Phi) is 9.59. The Morgan fingerprint density at radius 3 is 2.22 bits per heavy atom. The molecule has 1 aliphatic carbocycles. The van der Waals surface area contributed by atoms with Gasteiger partial charge in [0, 0.05) is 12.6 Å². The summed E-state index contributed by atoms with van der Waals surface area (Å²) >= 11 is 0. The Morgan fingerprint density at radius 2 is 1.65 bits per heavy atom. The first-order chi connectivity index (χ1) is 17.5. The van der Waals surface area contributed by atoms with Crippen LogP contribution in [0.2, 0.25) is 0 Å². The number of amides is 2. The number of methoxy groups -OCH3 is 1. The average molecular weight is 530 g/mol. The van der Waals surface area contributed by atoms with E-state index >= 15 is 0 Å². The maximum Gasteiger partial charge on any atom is 0.244 e. The Balaban J connectivity index is 1.92. The Bertz CT molecular complexity index is 1170. The van der Waals surface area contributed by atoms with Gasteiger partial charge in [-0.2, -0.15) is 0 Å². The van der Waals surface area contributed by atoms with Crippen molar-refractivity contribution in [2.45, 2.75) is 71.0 Å². The fourth-order valence-electron chi connectivity index (χ4n) is 4.70. The van der Waals surface area contributed by atoms with Crippen molar-refractivity contribution in [3.05, 3.63) is 59.7 Å². The summed E-state index contributed by atoms with van der Waals surface area (Å²) < 4.78 is 32.2. The Labute approximate surface area is 221 Å². The molecule has 0 bridgehead atoms. The van der Waals surface area contributed by atoms with Crippen LogP contribution in [-0.2, 0) is 26.2 Å². The summed E-state index contributed by atoms with van der Waals surface area (Å²) in [7, 11) is -2.20. The van der Waals surface area contributed by atoms with Gasteiger partial charge in [0.05, 0.1) is 19.1 Å². The first kappa shape index (κ1) is 28.5. The number of para-hydroxylation sites is 1. The third kappa shape index (κ3) is 7.47. The molecule has 1 aliphatic rings. The summed E-state index contributed by atoms with van der Waals surface area (Å²) in [4.78, 5) is 28.4. The number of nitrogens with zero attached hydrogens (tertiary/aromatic N) is 2. The molecule has 1 fully saturated rings. The summed E-state index contributed by atoms with van der Waals surface area (Å²) in [5.41, 5.74) is 2.11. The van der Waals surface area contributed by atoms with Crippen molar-refractivity contribution >= 4 is 27.5 Å². The van der Waals surface area contributed by atoms with E-state index in [0.29, 0.717) is 11.4 Å². The monoisotopic (exact) mass is 529 g/mol. The molecule has 202 valence electrons. The lowest BCUT2D eigenvalue weighted by Gasteiger charge is -2.32. The van der Waals surface area contributed by atoms with Crippen LogP contribution in [0.4, 0.5) is 5.69 Å². The Morgan fingerprint density at radius 1 is 1.03 bits per heavy atom. The summed E-state index contributed by atoms with van der Waals surface area (Å²) in [6.07, 6.45) is 5.11. The zero-order chi connectivity index (χ0) is 27.2. The van der Waals surface area contributed by atoms with Crippen LogP contribution in [0, 0.1) is 0 Å². The minimum Gasteiger partial charge on any atom is -0.497 e. The molecule has 37 heavy (non-hydrogen) atoms. The van der Waals surface area contributed by atoms with E-state index in [-0.39, 0.29) is 24.4 Å². The molecule has 1 unspecified atom stereocenters. The predicted molar refractivity (Wildman–Crippen MR) is 146 cm³/mol. The second-order valence-corrected chi connectivity index (χ2v) is 11.9. The van der Waals surface area contributed by atoms with Gasteiger partial charge in [-0.1, -0.05) is 57.0 Å². The predicted octanol–water partition coefficient (Wildman–Crippen LogP) is 4.06. The Hall–Kier alpha value is -3.07. The first-order valence-electron chi connectivity index (χ1n) is 12.8. The van der Waals surface area contributed by atoms with E-state index in [2.05, 4.69) is 5.32 Å². The summed E-state index contributed by atoms with van der Waals surface area (Å²) in [5, 5.41) is 3.07. The van der Waals surface area contributed by atoms with Gasteiger partial charge in [0.1, 0.15) is 18.3 Å².